The Labute approximate surface area is 121 Å². The zero-order chi connectivity index (χ0) is 14.8. The van der Waals surface area contributed by atoms with Crippen LogP contribution in [-0.4, -0.2) is 16.7 Å². The van der Waals surface area contributed by atoms with Crippen LogP contribution >= 0.6 is 0 Å². The number of hydrogen-bond donors (Lipinski definition) is 1. The molecule has 0 amide bonds. The minimum absolute atomic E-state index is 0.0632. The predicted molar refractivity (Wildman–Crippen MR) is 82.5 cm³/mol. The Morgan fingerprint density at radius 3 is 2.86 bits per heavy atom. The van der Waals surface area contributed by atoms with Gasteiger partial charge in [-0.1, -0.05) is 6.07 Å². The first-order valence-electron chi connectivity index (χ1n) is 6.56. The van der Waals surface area contributed by atoms with E-state index in [9.17, 15) is 4.79 Å². The third-order valence-electron chi connectivity index (χ3n) is 3.38. The maximum Gasteiger partial charge on any atom is 0.250 e. The minimum atomic E-state index is -0.0632. The maximum atomic E-state index is 11.8. The molecule has 0 atom stereocenters. The highest BCUT2D eigenvalue weighted by molar-refractivity contribution is 5.82. The standard InChI is InChI=1S/C16H15N3O2/c1-21-13-6-5-11-8-12(16(17)18-14(11)9-13)10-19-7-3-2-4-15(19)20/h2-9H,10H2,1H3,(H2,17,18). The Balaban J connectivity index is 2.05. The Morgan fingerprint density at radius 2 is 2.10 bits per heavy atom. The second-order valence-corrected chi connectivity index (χ2v) is 4.76. The van der Waals surface area contributed by atoms with Gasteiger partial charge in [-0.15, -0.1) is 0 Å². The first-order chi connectivity index (χ1) is 10.2. The second-order valence-electron chi connectivity index (χ2n) is 4.76. The summed E-state index contributed by atoms with van der Waals surface area (Å²) in [5.74, 6) is 1.16. The Bertz CT molecular complexity index is 856. The van der Waals surface area contributed by atoms with Crippen LogP contribution in [0.4, 0.5) is 5.82 Å². The summed E-state index contributed by atoms with van der Waals surface area (Å²) in [6.45, 7) is 0.403. The lowest BCUT2D eigenvalue weighted by Crippen LogP contribution is -2.19. The molecule has 3 aromatic rings. The molecule has 1 aromatic carbocycles. The van der Waals surface area contributed by atoms with Crippen LogP contribution in [0.15, 0.2) is 53.5 Å². The molecule has 0 unspecified atom stereocenters. The van der Waals surface area contributed by atoms with Crippen LogP contribution in [-0.2, 0) is 6.54 Å². The molecule has 2 heterocycles. The summed E-state index contributed by atoms with van der Waals surface area (Å²) < 4.78 is 6.78. The molecule has 0 saturated heterocycles. The van der Waals surface area contributed by atoms with Crippen molar-refractivity contribution < 1.29 is 4.74 Å². The molecule has 2 aromatic heterocycles. The van der Waals surface area contributed by atoms with E-state index in [0.717, 1.165) is 22.2 Å². The summed E-state index contributed by atoms with van der Waals surface area (Å²) >= 11 is 0. The van der Waals surface area contributed by atoms with Crippen molar-refractivity contribution in [1.29, 1.82) is 0 Å². The van der Waals surface area contributed by atoms with Gasteiger partial charge in [-0.2, -0.15) is 0 Å². The molecule has 0 spiro atoms. The van der Waals surface area contributed by atoms with Crippen molar-refractivity contribution in [3.63, 3.8) is 0 Å². The summed E-state index contributed by atoms with van der Waals surface area (Å²) in [6.07, 6.45) is 1.74. The average molecular weight is 281 g/mol. The highest BCUT2D eigenvalue weighted by Gasteiger charge is 2.06. The van der Waals surface area contributed by atoms with Crippen LogP contribution in [0.5, 0.6) is 5.75 Å². The topological polar surface area (TPSA) is 70.1 Å². The fourth-order valence-corrected chi connectivity index (χ4v) is 2.23. The molecular formula is C16H15N3O2. The number of pyridine rings is 2. The highest BCUT2D eigenvalue weighted by Crippen LogP contribution is 2.23. The number of benzene rings is 1. The first kappa shape index (κ1) is 13.2. The molecule has 3 rings (SSSR count). The zero-order valence-electron chi connectivity index (χ0n) is 11.6. The number of aromatic nitrogens is 2. The fourth-order valence-electron chi connectivity index (χ4n) is 2.23. The minimum Gasteiger partial charge on any atom is -0.497 e. The van der Waals surface area contributed by atoms with Gasteiger partial charge in [0.05, 0.1) is 19.2 Å². The number of methoxy groups -OCH3 is 1. The summed E-state index contributed by atoms with van der Waals surface area (Å²) in [5.41, 5.74) is 7.54. The summed E-state index contributed by atoms with van der Waals surface area (Å²) in [6, 6.07) is 12.6. The summed E-state index contributed by atoms with van der Waals surface area (Å²) in [5, 5.41) is 0.962. The quantitative estimate of drug-likeness (QED) is 0.797. The summed E-state index contributed by atoms with van der Waals surface area (Å²) in [4.78, 5) is 16.2. The van der Waals surface area contributed by atoms with E-state index in [2.05, 4.69) is 4.98 Å². The number of rotatable bonds is 3. The third-order valence-corrected chi connectivity index (χ3v) is 3.38. The van der Waals surface area contributed by atoms with Crippen LogP contribution in [0, 0.1) is 0 Å². The maximum absolute atomic E-state index is 11.8. The van der Waals surface area contributed by atoms with E-state index in [0.29, 0.717) is 12.4 Å². The Hall–Kier alpha value is -2.82. The van der Waals surface area contributed by atoms with Crippen molar-refractivity contribution in [2.24, 2.45) is 0 Å². The van der Waals surface area contributed by atoms with Crippen LogP contribution in [0.1, 0.15) is 5.56 Å². The van der Waals surface area contributed by atoms with E-state index >= 15 is 0 Å². The number of nitrogens with zero attached hydrogens (tertiary/aromatic N) is 2. The van der Waals surface area contributed by atoms with Crippen molar-refractivity contribution in [1.82, 2.24) is 9.55 Å². The van der Waals surface area contributed by atoms with Crippen LogP contribution in [0.2, 0.25) is 0 Å². The van der Waals surface area contributed by atoms with E-state index in [-0.39, 0.29) is 5.56 Å². The van der Waals surface area contributed by atoms with Crippen molar-refractivity contribution in [3.05, 3.63) is 64.6 Å². The molecular weight excluding hydrogens is 266 g/mol. The monoisotopic (exact) mass is 281 g/mol. The number of ether oxygens (including phenoxy) is 1. The lowest BCUT2D eigenvalue weighted by molar-refractivity contribution is 0.415. The van der Waals surface area contributed by atoms with Crippen LogP contribution in [0.25, 0.3) is 10.9 Å². The largest absolute Gasteiger partial charge is 0.497 e. The first-order valence-corrected chi connectivity index (χ1v) is 6.56. The molecule has 21 heavy (non-hydrogen) atoms. The second kappa shape index (κ2) is 5.28. The SMILES string of the molecule is COc1ccc2cc(Cn3ccccc3=O)c(N)nc2c1. The average Bonchev–Trinajstić information content (AvgIpc) is 2.49. The van der Waals surface area contributed by atoms with E-state index < -0.39 is 0 Å². The lowest BCUT2D eigenvalue weighted by Gasteiger charge is -2.10. The van der Waals surface area contributed by atoms with Gasteiger partial charge in [0, 0.05) is 29.3 Å². The molecule has 2 N–H and O–H groups in total. The van der Waals surface area contributed by atoms with Crippen molar-refractivity contribution >= 4 is 16.7 Å². The van der Waals surface area contributed by atoms with Gasteiger partial charge in [0.2, 0.25) is 0 Å². The van der Waals surface area contributed by atoms with Crippen molar-refractivity contribution in [2.75, 3.05) is 12.8 Å². The number of nitrogens with two attached hydrogens (primary N) is 1. The van der Waals surface area contributed by atoms with Gasteiger partial charge in [-0.25, -0.2) is 4.98 Å². The van der Waals surface area contributed by atoms with E-state index in [1.807, 2.05) is 30.3 Å². The summed E-state index contributed by atoms with van der Waals surface area (Å²) in [7, 11) is 1.61. The Morgan fingerprint density at radius 1 is 1.24 bits per heavy atom. The molecule has 0 aliphatic rings. The molecule has 5 nitrogen and oxygen atoms in total. The van der Waals surface area contributed by atoms with Gasteiger partial charge >= 0.3 is 0 Å². The smallest absolute Gasteiger partial charge is 0.250 e. The molecule has 0 saturated carbocycles. The van der Waals surface area contributed by atoms with Gasteiger partial charge < -0.3 is 15.0 Å². The van der Waals surface area contributed by atoms with Crippen LogP contribution < -0.4 is 16.0 Å². The van der Waals surface area contributed by atoms with E-state index in [1.54, 1.807) is 23.9 Å². The number of hydrogen-bond acceptors (Lipinski definition) is 4. The molecule has 106 valence electrons. The Kier molecular flexibility index (Phi) is 3.31. The number of anilines is 1. The molecule has 0 bridgehead atoms. The highest BCUT2D eigenvalue weighted by atomic mass is 16.5. The normalized spacial score (nSPS) is 10.7. The third kappa shape index (κ3) is 2.58. The number of fused-ring (bicyclic) bond motifs is 1. The van der Waals surface area contributed by atoms with Gasteiger partial charge in [0.25, 0.3) is 5.56 Å². The van der Waals surface area contributed by atoms with E-state index in [1.165, 1.54) is 6.07 Å². The molecule has 5 heteroatoms. The lowest BCUT2D eigenvalue weighted by atomic mass is 10.1. The predicted octanol–water partition coefficient (Wildman–Crippen LogP) is 2.04. The van der Waals surface area contributed by atoms with Gasteiger partial charge in [-0.3, -0.25) is 4.79 Å². The number of nitrogen functional groups attached to an aromatic ring is 1. The van der Waals surface area contributed by atoms with Gasteiger partial charge in [0.15, 0.2) is 0 Å². The van der Waals surface area contributed by atoms with Gasteiger partial charge in [0.1, 0.15) is 11.6 Å². The van der Waals surface area contributed by atoms with E-state index in [4.69, 9.17) is 10.5 Å². The zero-order valence-corrected chi connectivity index (χ0v) is 11.6. The van der Waals surface area contributed by atoms with Crippen molar-refractivity contribution in [3.8, 4) is 5.75 Å². The van der Waals surface area contributed by atoms with Crippen molar-refractivity contribution in [2.45, 2.75) is 6.54 Å². The molecule has 0 aliphatic carbocycles. The van der Waals surface area contributed by atoms with Crippen LogP contribution in [0.3, 0.4) is 0 Å². The molecule has 0 fully saturated rings. The van der Waals surface area contributed by atoms with Gasteiger partial charge in [-0.05, 0) is 24.3 Å². The molecule has 0 radical (unpaired) electrons. The fraction of sp³-hybridized carbons (Fsp3) is 0.125. The molecule has 0 aliphatic heterocycles.